The molecule has 0 aliphatic rings. The molecule has 0 aliphatic carbocycles. The van der Waals surface area contributed by atoms with Crippen LogP contribution in [0.1, 0.15) is 0 Å². The Balaban J connectivity index is 4.03. The van der Waals surface area contributed by atoms with Gasteiger partial charge in [0.25, 0.3) is 0 Å². The summed E-state index contributed by atoms with van der Waals surface area (Å²) in [4.78, 5) is -3.55. The number of rotatable bonds is 1. The van der Waals surface area contributed by atoms with E-state index in [2.05, 4.69) is 6.92 Å². The zero-order chi connectivity index (χ0) is 6.78. The maximum Gasteiger partial charge on any atom is 0.351 e. The van der Waals surface area contributed by atoms with E-state index < -0.39 is 10.7 Å². The van der Waals surface area contributed by atoms with E-state index in [1.165, 1.54) is 0 Å². The lowest BCUT2D eigenvalue weighted by molar-refractivity contribution is 0.127. The standard InChI is InChI=1S/C4H3BrF3/c1-2-3(6)4(5,7)8/h2H,1H2/b3-2-. The summed E-state index contributed by atoms with van der Waals surface area (Å²) in [6.07, 6.45) is 0.453. The van der Waals surface area contributed by atoms with Gasteiger partial charge in [-0.05, 0) is 28.9 Å². The van der Waals surface area contributed by atoms with Crippen molar-refractivity contribution in [3.8, 4) is 0 Å². The third-order valence-corrected chi connectivity index (χ3v) is 0.829. The zero-order valence-electron chi connectivity index (χ0n) is 3.80. The molecule has 0 aromatic carbocycles. The number of hydrogen-bond donors (Lipinski definition) is 0. The van der Waals surface area contributed by atoms with E-state index in [4.69, 9.17) is 0 Å². The monoisotopic (exact) mass is 187 g/mol. The molecule has 0 nitrogen and oxygen atoms in total. The summed E-state index contributed by atoms with van der Waals surface area (Å²) >= 11 is 1.79. The van der Waals surface area contributed by atoms with Gasteiger partial charge in [0.05, 0.1) is 0 Å². The van der Waals surface area contributed by atoms with E-state index >= 15 is 0 Å². The van der Waals surface area contributed by atoms with Crippen molar-refractivity contribution >= 4 is 15.9 Å². The van der Waals surface area contributed by atoms with Gasteiger partial charge in [0.2, 0.25) is 0 Å². The second kappa shape index (κ2) is 2.53. The molecular weight excluding hydrogens is 185 g/mol. The Hall–Kier alpha value is 0.01000. The van der Waals surface area contributed by atoms with Gasteiger partial charge in [0, 0.05) is 0 Å². The summed E-state index contributed by atoms with van der Waals surface area (Å²) in [6.45, 7) is 2.81. The Labute approximate surface area is 53.5 Å². The molecule has 4 heteroatoms. The van der Waals surface area contributed by atoms with Crippen molar-refractivity contribution in [1.82, 2.24) is 0 Å². The highest BCUT2D eigenvalue weighted by Crippen LogP contribution is 2.31. The molecule has 1 radical (unpaired) electrons. The van der Waals surface area contributed by atoms with Crippen LogP contribution in [0, 0.1) is 6.92 Å². The van der Waals surface area contributed by atoms with Crippen LogP contribution in [0.2, 0.25) is 0 Å². The van der Waals surface area contributed by atoms with Crippen molar-refractivity contribution in [3.63, 3.8) is 0 Å². The molecular formula is C4H3BrF3. The molecule has 8 heavy (non-hydrogen) atoms. The van der Waals surface area contributed by atoms with E-state index in [9.17, 15) is 13.2 Å². The topological polar surface area (TPSA) is 0 Å². The maximum atomic E-state index is 11.6. The Bertz CT molecular complexity index is 102. The van der Waals surface area contributed by atoms with Crippen molar-refractivity contribution in [2.75, 3.05) is 0 Å². The Morgan fingerprint density at radius 1 is 1.62 bits per heavy atom. The van der Waals surface area contributed by atoms with Gasteiger partial charge in [0.15, 0.2) is 5.83 Å². The Kier molecular flexibility index (Phi) is 2.53. The molecule has 0 atom stereocenters. The van der Waals surface area contributed by atoms with Gasteiger partial charge in [0.1, 0.15) is 0 Å². The molecule has 47 valence electrons. The second-order valence-electron chi connectivity index (χ2n) is 1.05. The molecule has 0 saturated carbocycles. The van der Waals surface area contributed by atoms with Gasteiger partial charge in [-0.15, -0.1) is 0 Å². The predicted octanol–water partition coefficient (Wildman–Crippen LogP) is 2.66. The van der Waals surface area contributed by atoms with Crippen LogP contribution in [0.4, 0.5) is 13.2 Å². The summed E-state index contributed by atoms with van der Waals surface area (Å²) in [7, 11) is 0. The number of allylic oxidation sites excluding steroid dienone is 2. The van der Waals surface area contributed by atoms with Crippen molar-refractivity contribution in [1.29, 1.82) is 0 Å². The van der Waals surface area contributed by atoms with Crippen LogP contribution in [-0.2, 0) is 0 Å². The summed E-state index contributed by atoms with van der Waals surface area (Å²) in [6, 6.07) is 0. The lowest BCUT2D eigenvalue weighted by Crippen LogP contribution is -2.03. The van der Waals surface area contributed by atoms with Gasteiger partial charge >= 0.3 is 4.83 Å². The van der Waals surface area contributed by atoms with Crippen LogP contribution in [0.3, 0.4) is 0 Å². The third-order valence-electron chi connectivity index (χ3n) is 0.450. The Morgan fingerprint density at radius 3 is 2.00 bits per heavy atom. The van der Waals surface area contributed by atoms with E-state index in [-0.39, 0.29) is 0 Å². The molecule has 0 spiro atoms. The third kappa shape index (κ3) is 2.35. The SMILES string of the molecule is [CH2]/C=C(\F)C(F)(F)Br. The quantitative estimate of drug-likeness (QED) is 0.554. The van der Waals surface area contributed by atoms with Crippen LogP contribution in [0.25, 0.3) is 0 Å². The second-order valence-corrected chi connectivity index (χ2v) is 2.05. The highest BCUT2D eigenvalue weighted by molar-refractivity contribution is 9.10. The van der Waals surface area contributed by atoms with Gasteiger partial charge < -0.3 is 0 Å². The molecule has 0 heterocycles. The van der Waals surface area contributed by atoms with E-state index in [1.54, 1.807) is 15.9 Å². The average molecular weight is 188 g/mol. The molecule has 0 N–H and O–H groups in total. The van der Waals surface area contributed by atoms with Crippen LogP contribution in [-0.4, -0.2) is 4.83 Å². The molecule has 0 unspecified atom stereocenters. The predicted molar refractivity (Wildman–Crippen MR) is 28.4 cm³/mol. The summed E-state index contributed by atoms with van der Waals surface area (Å²) in [5.74, 6) is -1.57. The molecule has 0 rings (SSSR count). The highest BCUT2D eigenvalue weighted by atomic mass is 79.9. The maximum absolute atomic E-state index is 11.6. The first-order chi connectivity index (χ1) is 3.48. The minimum absolute atomic E-state index is 0.453. The molecule has 0 saturated heterocycles. The van der Waals surface area contributed by atoms with E-state index in [0.717, 1.165) is 0 Å². The normalized spacial score (nSPS) is 14.4. The Morgan fingerprint density at radius 2 is 2.00 bits per heavy atom. The van der Waals surface area contributed by atoms with E-state index in [0.29, 0.717) is 6.08 Å². The summed E-state index contributed by atoms with van der Waals surface area (Å²) in [5, 5.41) is 0. The largest absolute Gasteiger partial charge is 0.351 e. The van der Waals surface area contributed by atoms with Crippen LogP contribution >= 0.6 is 15.9 Å². The first kappa shape index (κ1) is 8.01. The number of halogens is 4. The van der Waals surface area contributed by atoms with Crippen LogP contribution < -0.4 is 0 Å². The highest BCUT2D eigenvalue weighted by Gasteiger charge is 2.29. The molecule has 0 aromatic heterocycles. The lowest BCUT2D eigenvalue weighted by Gasteiger charge is -2.01. The van der Waals surface area contributed by atoms with Crippen molar-refractivity contribution in [2.45, 2.75) is 4.83 Å². The first-order valence-corrected chi connectivity index (χ1v) is 2.50. The average Bonchev–Trinajstić information content (AvgIpc) is 1.62. The fourth-order valence-electron chi connectivity index (χ4n) is 0.116. The van der Waals surface area contributed by atoms with Crippen molar-refractivity contribution < 1.29 is 13.2 Å². The van der Waals surface area contributed by atoms with Gasteiger partial charge in [-0.2, -0.15) is 8.78 Å². The van der Waals surface area contributed by atoms with E-state index in [1.807, 2.05) is 0 Å². The fraction of sp³-hybridized carbons (Fsp3) is 0.250. The molecule has 0 bridgehead atoms. The fourth-order valence-corrected chi connectivity index (χ4v) is 0.278. The molecule has 0 amide bonds. The van der Waals surface area contributed by atoms with Crippen molar-refractivity contribution in [3.05, 3.63) is 18.8 Å². The smallest absolute Gasteiger partial charge is 0.204 e. The summed E-state index contributed by atoms with van der Waals surface area (Å²) < 4.78 is 34.7. The molecule has 0 aromatic rings. The zero-order valence-corrected chi connectivity index (χ0v) is 5.38. The molecule has 0 fully saturated rings. The summed E-state index contributed by atoms with van der Waals surface area (Å²) in [5.41, 5.74) is 0. The minimum Gasteiger partial charge on any atom is -0.204 e. The van der Waals surface area contributed by atoms with Crippen molar-refractivity contribution in [2.24, 2.45) is 0 Å². The first-order valence-electron chi connectivity index (χ1n) is 1.70. The number of hydrogen-bond acceptors (Lipinski definition) is 0. The van der Waals surface area contributed by atoms with Gasteiger partial charge in [-0.1, -0.05) is 0 Å². The van der Waals surface area contributed by atoms with Gasteiger partial charge in [-0.25, -0.2) is 4.39 Å². The van der Waals surface area contributed by atoms with Crippen LogP contribution in [0.15, 0.2) is 11.9 Å². The van der Waals surface area contributed by atoms with Crippen LogP contribution in [0.5, 0.6) is 0 Å². The minimum atomic E-state index is -3.55. The lowest BCUT2D eigenvalue weighted by atomic mass is 10.5. The van der Waals surface area contributed by atoms with Gasteiger partial charge in [-0.3, -0.25) is 0 Å². The number of alkyl halides is 3. The molecule has 0 aliphatic heterocycles.